The number of nitrogens with two attached hydrogens (primary N) is 1. The van der Waals surface area contributed by atoms with Crippen molar-refractivity contribution in [1.29, 1.82) is 0 Å². The lowest BCUT2D eigenvalue weighted by molar-refractivity contribution is 0.568. The molecular formula is C13H13NO. The second-order valence-electron chi connectivity index (χ2n) is 4.03. The van der Waals surface area contributed by atoms with Crippen LogP contribution < -0.4 is 5.73 Å². The second kappa shape index (κ2) is 3.24. The van der Waals surface area contributed by atoms with Gasteiger partial charge in [0.25, 0.3) is 0 Å². The average molecular weight is 199 g/mol. The fourth-order valence-corrected chi connectivity index (χ4v) is 2.37. The van der Waals surface area contributed by atoms with Crippen LogP contribution in [0.3, 0.4) is 0 Å². The van der Waals surface area contributed by atoms with Gasteiger partial charge in [-0.15, -0.1) is 0 Å². The van der Waals surface area contributed by atoms with Crippen LogP contribution in [0.5, 0.6) is 0 Å². The van der Waals surface area contributed by atoms with E-state index in [4.69, 9.17) is 10.2 Å². The third-order valence-corrected chi connectivity index (χ3v) is 3.15. The van der Waals surface area contributed by atoms with E-state index in [0.717, 1.165) is 18.4 Å². The molecule has 0 bridgehead atoms. The van der Waals surface area contributed by atoms with Gasteiger partial charge in [0.2, 0.25) is 0 Å². The highest BCUT2D eigenvalue weighted by Gasteiger charge is 2.21. The molecule has 1 aromatic heterocycles. The standard InChI is InChI=1S/C13H13NO/c14-13-5-4-11-10(2-1-3-12(11)13)9-6-7-15-8-9/h1-3,6-8,13H,4-5,14H2. The molecule has 0 fully saturated rings. The van der Waals surface area contributed by atoms with Gasteiger partial charge in [-0.1, -0.05) is 18.2 Å². The van der Waals surface area contributed by atoms with Crippen molar-refractivity contribution in [3.05, 3.63) is 47.9 Å². The fraction of sp³-hybridized carbons (Fsp3) is 0.231. The molecule has 2 N–H and O–H groups in total. The first-order chi connectivity index (χ1) is 7.36. The third kappa shape index (κ3) is 1.29. The Balaban J connectivity index is 2.18. The van der Waals surface area contributed by atoms with Crippen molar-refractivity contribution in [2.75, 3.05) is 0 Å². The molecule has 1 aliphatic rings. The molecule has 1 heterocycles. The van der Waals surface area contributed by atoms with E-state index in [-0.39, 0.29) is 6.04 Å². The van der Waals surface area contributed by atoms with E-state index in [0.29, 0.717) is 0 Å². The zero-order valence-electron chi connectivity index (χ0n) is 8.44. The van der Waals surface area contributed by atoms with Crippen molar-refractivity contribution in [2.45, 2.75) is 18.9 Å². The van der Waals surface area contributed by atoms with Crippen LogP contribution in [-0.4, -0.2) is 0 Å². The summed E-state index contributed by atoms with van der Waals surface area (Å²) in [5.74, 6) is 0. The first kappa shape index (κ1) is 8.74. The molecule has 2 nitrogen and oxygen atoms in total. The Hall–Kier alpha value is -1.54. The van der Waals surface area contributed by atoms with Gasteiger partial charge in [-0.2, -0.15) is 0 Å². The van der Waals surface area contributed by atoms with Gasteiger partial charge in [0.05, 0.1) is 12.5 Å². The minimum atomic E-state index is 0.215. The maximum absolute atomic E-state index is 6.05. The molecule has 15 heavy (non-hydrogen) atoms. The van der Waals surface area contributed by atoms with Crippen LogP contribution in [-0.2, 0) is 6.42 Å². The molecule has 1 aliphatic carbocycles. The molecule has 76 valence electrons. The first-order valence-electron chi connectivity index (χ1n) is 5.26. The smallest absolute Gasteiger partial charge is 0.0981 e. The van der Waals surface area contributed by atoms with E-state index in [9.17, 15) is 0 Å². The lowest BCUT2D eigenvalue weighted by Crippen LogP contribution is -2.04. The molecule has 0 saturated carbocycles. The Morgan fingerprint density at radius 2 is 2.20 bits per heavy atom. The maximum Gasteiger partial charge on any atom is 0.0981 e. The zero-order valence-corrected chi connectivity index (χ0v) is 8.44. The predicted octanol–water partition coefficient (Wildman–Crippen LogP) is 2.89. The van der Waals surface area contributed by atoms with Gasteiger partial charge in [-0.25, -0.2) is 0 Å². The third-order valence-electron chi connectivity index (χ3n) is 3.15. The minimum absolute atomic E-state index is 0.215. The zero-order chi connectivity index (χ0) is 10.3. The van der Waals surface area contributed by atoms with Gasteiger partial charge in [-0.3, -0.25) is 0 Å². The van der Waals surface area contributed by atoms with Crippen molar-refractivity contribution >= 4 is 0 Å². The molecule has 1 aromatic carbocycles. The molecular weight excluding hydrogens is 186 g/mol. The lowest BCUT2D eigenvalue weighted by atomic mass is 9.98. The molecule has 3 rings (SSSR count). The van der Waals surface area contributed by atoms with E-state index in [2.05, 4.69) is 18.2 Å². The van der Waals surface area contributed by atoms with Crippen molar-refractivity contribution < 1.29 is 4.42 Å². The van der Waals surface area contributed by atoms with Crippen molar-refractivity contribution in [1.82, 2.24) is 0 Å². The van der Waals surface area contributed by atoms with Crippen LogP contribution in [0.2, 0.25) is 0 Å². The number of hydrogen-bond acceptors (Lipinski definition) is 2. The summed E-state index contributed by atoms with van der Waals surface area (Å²) < 4.78 is 5.12. The quantitative estimate of drug-likeness (QED) is 0.767. The highest BCUT2D eigenvalue weighted by Crippen LogP contribution is 2.36. The SMILES string of the molecule is NC1CCc2c(-c3ccoc3)cccc21. The highest BCUT2D eigenvalue weighted by atomic mass is 16.3. The van der Waals surface area contributed by atoms with Crippen LogP contribution >= 0.6 is 0 Å². The van der Waals surface area contributed by atoms with Crippen LogP contribution in [0.4, 0.5) is 0 Å². The van der Waals surface area contributed by atoms with Crippen LogP contribution in [0.15, 0.2) is 41.2 Å². The van der Waals surface area contributed by atoms with E-state index < -0.39 is 0 Å². The second-order valence-corrected chi connectivity index (χ2v) is 4.03. The van der Waals surface area contributed by atoms with Gasteiger partial charge in [-0.05, 0) is 35.6 Å². The lowest BCUT2D eigenvalue weighted by Gasteiger charge is -2.07. The Bertz CT molecular complexity index is 473. The Morgan fingerprint density at radius 1 is 1.27 bits per heavy atom. The maximum atomic E-state index is 6.05. The fourth-order valence-electron chi connectivity index (χ4n) is 2.37. The van der Waals surface area contributed by atoms with Crippen LogP contribution in [0, 0.1) is 0 Å². The van der Waals surface area contributed by atoms with E-state index >= 15 is 0 Å². The van der Waals surface area contributed by atoms with Crippen molar-refractivity contribution in [3.63, 3.8) is 0 Å². The number of rotatable bonds is 1. The highest BCUT2D eigenvalue weighted by molar-refractivity contribution is 5.69. The summed E-state index contributed by atoms with van der Waals surface area (Å²) in [5, 5.41) is 0. The summed E-state index contributed by atoms with van der Waals surface area (Å²) in [6.45, 7) is 0. The molecule has 0 spiro atoms. The number of furan rings is 1. The van der Waals surface area contributed by atoms with Gasteiger partial charge in [0, 0.05) is 11.6 Å². The molecule has 0 amide bonds. The topological polar surface area (TPSA) is 39.2 Å². The Labute approximate surface area is 88.7 Å². The summed E-state index contributed by atoms with van der Waals surface area (Å²) in [5.41, 5.74) is 11.2. The van der Waals surface area contributed by atoms with Gasteiger partial charge < -0.3 is 10.2 Å². The predicted molar refractivity (Wildman–Crippen MR) is 59.4 cm³/mol. The normalized spacial score (nSPS) is 19.1. The van der Waals surface area contributed by atoms with Crippen molar-refractivity contribution in [2.24, 2.45) is 5.73 Å². The Morgan fingerprint density at radius 3 is 3.00 bits per heavy atom. The average Bonchev–Trinajstić information content (AvgIpc) is 2.88. The summed E-state index contributed by atoms with van der Waals surface area (Å²) >= 11 is 0. The van der Waals surface area contributed by atoms with Crippen LogP contribution in [0.1, 0.15) is 23.6 Å². The summed E-state index contributed by atoms with van der Waals surface area (Å²) in [6.07, 6.45) is 5.64. The van der Waals surface area contributed by atoms with Gasteiger partial charge in [0.1, 0.15) is 0 Å². The molecule has 0 radical (unpaired) electrons. The summed E-state index contributed by atoms with van der Waals surface area (Å²) in [7, 11) is 0. The monoisotopic (exact) mass is 199 g/mol. The molecule has 0 saturated heterocycles. The van der Waals surface area contributed by atoms with E-state index in [1.54, 1.807) is 12.5 Å². The largest absolute Gasteiger partial charge is 0.472 e. The first-order valence-corrected chi connectivity index (χ1v) is 5.26. The van der Waals surface area contributed by atoms with E-state index in [1.165, 1.54) is 16.7 Å². The summed E-state index contributed by atoms with van der Waals surface area (Å²) in [4.78, 5) is 0. The number of hydrogen-bond donors (Lipinski definition) is 1. The molecule has 0 aliphatic heterocycles. The van der Waals surface area contributed by atoms with Gasteiger partial charge >= 0.3 is 0 Å². The van der Waals surface area contributed by atoms with E-state index in [1.807, 2.05) is 6.07 Å². The summed E-state index contributed by atoms with van der Waals surface area (Å²) in [6, 6.07) is 8.57. The molecule has 2 aromatic rings. The molecule has 1 atom stereocenters. The van der Waals surface area contributed by atoms with Gasteiger partial charge in [0.15, 0.2) is 0 Å². The van der Waals surface area contributed by atoms with Crippen molar-refractivity contribution in [3.8, 4) is 11.1 Å². The number of fused-ring (bicyclic) bond motifs is 1. The van der Waals surface area contributed by atoms with Crippen LogP contribution in [0.25, 0.3) is 11.1 Å². The number of benzene rings is 1. The molecule has 2 heteroatoms. The minimum Gasteiger partial charge on any atom is -0.472 e. The molecule has 1 unspecified atom stereocenters. The Kier molecular flexibility index (Phi) is 1.89.